The summed E-state index contributed by atoms with van der Waals surface area (Å²) >= 11 is 0. The molecule has 120 valence electrons. The molecule has 0 radical (unpaired) electrons. The summed E-state index contributed by atoms with van der Waals surface area (Å²) in [5.41, 5.74) is 4.04. The van der Waals surface area contributed by atoms with Crippen LogP contribution in [0.2, 0.25) is 0 Å². The highest BCUT2D eigenvalue weighted by Gasteiger charge is 2.17. The second-order valence-corrected chi connectivity index (χ2v) is 5.62. The van der Waals surface area contributed by atoms with Crippen LogP contribution in [0.1, 0.15) is 5.56 Å². The summed E-state index contributed by atoms with van der Waals surface area (Å²) in [4.78, 5) is 18.7. The lowest BCUT2D eigenvalue weighted by molar-refractivity contribution is 0.281. The Morgan fingerprint density at radius 1 is 1.04 bits per heavy atom. The number of aliphatic hydroxyl groups excluding tert-OH is 1. The molecule has 0 saturated carbocycles. The van der Waals surface area contributed by atoms with E-state index in [1.54, 1.807) is 7.11 Å². The van der Waals surface area contributed by atoms with Gasteiger partial charge in [-0.3, -0.25) is 4.79 Å². The van der Waals surface area contributed by atoms with Gasteiger partial charge in [0.15, 0.2) is 0 Å². The van der Waals surface area contributed by atoms with Gasteiger partial charge in [0.1, 0.15) is 5.75 Å². The summed E-state index contributed by atoms with van der Waals surface area (Å²) in [5.74, 6) is 0.695. The average Bonchev–Trinajstić information content (AvgIpc) is 2.98. The first kappa shape index (κ1) is 14.5. The highest BCUT2D eigenvalue weighted by atomic mass is 16.5. The largest absolute Gasteiger partial charge is 0.497 e. The molecule has 0 unspecified atom stereocenters. The van der Waals surface area contributed by atoms with Gasteiger partial charge in [0, 0.05) is 16.5 Å². The first-order chi connectivity index (χ1) is 11.7. The van der Waals surface area contributed by atoms with Crippen molar-refractivity contribution >= 4 is 21.9 Å². The summed E-state index contributed by atoms with van der Waals surface area (Å²) in [6, 6.07) is 15.3. The molecule has 0 aliphatic rings. The van der Waals surface area contributed by atoms with Crippen LogP contribution in [0.5, 0.6) is 5.75 Å². The maximum Gasteiger partial charge on any atom is 0.254 e. The van der Waals surface area contributed by atoms with Crippen molar-refractivity contribution in [2.75, 3.05) is 7.11 Å². The summed E-state index contributed by atoms with van der Waals surface area (Å²) < 4.78 is 5.29. The van der Waals surface area contributed by atoms with Gasteiger partial charge in [-0.2, -0.15) is 0 Å². The smallest absolute Gasteiger partial charge is 0.254 e. The van der Waals surface area contributed by atoms with Gasteiger partial charge in [0.25, 0.3) is 5.56 Å². The third-order valence-electron chi connectivity index (χ3n) is 4.29. The van der Waals surface area contributed by atoms with Gasteiger partial charge in [0.2, 0.25) is 0 Å². The molecule has 5 heteroatoms. The third-order valence-corrected chi connectivity index (χ3v) is 4.29. The van der Waals surface area contributed by atoms with E-state index in [9.17, 15) is 9.90 Å². The van der Waals surface area contributed by atoms with E-state index in [4.69, 9.17) is 4.74 Å². The van der Waals surface area contributed by atoms with E-state index < -0.39 is 0 Å². The standard InChI is InChI=1S/C19H16N2O3/c1-24-12-6-4-5-11(9-12)16-14(10-22)19(23)21-17-13-7-2-3-8-15(13)20-18(16)17/h2-9,20,22H,10H2,1H3,(H,21,23). The number of fused-ring (bicyclic) bond motifs is 3. The molecule has 2 aromatic heterocycles. The van der Waals surface area contributed by atoms with Crippen LogP contribution in [0.4, 0.5) is 0 Å². The fraction of sp³-hybridized carbons (Fsp3) is 0.105. The van der Waals surface area contributed by atoms with Crippen molar-refractivity contribution < 1.29 is 9.84 Å². The fourth-order valence-corrected chi connectivity index (χ4v) is 3.16. The Balaban J connectivity index is 2.17. The lowest BCUT2D eigenvalue weighted by atomic mass is 9.99. The quantitative estimate of drug-likeness (QED) is 0.542. The number of aromatic nitrogens is 2. The third kappa shape index (κ3) is 2.10. The molecule has 4 aromatic rings. The Hall–Kier alpha value is -3.05. The van der Waals surface area contributed by atoms with E-state index in [-0.39, 0.29) is 12.2 Å². The zero-order chi connectivity index (χ0) is 16.7. The highest BCUT2D eigenvalue weighted by molar-refractivity contribution is 6.10. The molecule has 0 bridgehead atoms. The molecule has 4 rings (SSSR count). The number of hydrogen-bond donors (Lipinski definition) is 3. The van der Waals surface area contributed by atoms with Gasteiger partial charge >= 0.3 is 0 Å². The molecule has 0 aliphatic heterocycles. The number of rotatable bonds is 3. The van der Waals surface area contributed by atoms with Crippen molar-refractivity contribution in [3.63, 3.8) is 0 Å². The van der Waals surface area contributed by atoms with Crippen LogP contribution in [0, 0.1) is 0 Å². The van der Waals surface area contributed by atoms with Gasteiger partial charge < -0.3 is 19.8 Å². The lowest BCUT2D eigenvalue weighted by Gasteiger charge is -2.10. The number of benzene rings is 2. The summed E-state index contributed by atoms with van der Waals surface area (Å²) in [5, 5.41) is 10.7. The number of H-pyrrole nitrogens is 2. The van der Waals surface area contributed by atoms with Crippen molar-refractivity contribution in [3.05, 3.63) is 64.4 Å². The number of hydrogen-bond acceptors (Lipinski definition) is 3. The number of aliphatic hydroxyl groups is 1. The van der Waals surface area contributed by atoms with E-state index in [0.29, 0.717) is 16.9 Å². The van der Waals surface area contributed by atoms with Crippen molar-refractivity contribution in [1.82, 2.24) is 9.97 Å². The normalized spacial score (nSPS) is 11.2. The first-order valence-corrected chi connectivity index (χ1v) is 7.63. The summed E-state index contributed by atoms with van der Waals surface area (Å²) in [6.07, 6.45) is 0. The first-order valence-electron chi connectivity index (χ1n) is 7.63. The van der Waals surface area contributed by atoms with Crippen LogP contribution in [0.3, 0.4) is 0 Å². The Bertz CT molecular complexity index is 1110. The predicted octanol–water partition coefficient (Wildman–Crippen LogP) is 3.18. The molecule has 3 N–H and O–H groups in total. The van der Waals surface area contributed by atoms with Gasteiger partial charge in [-0.25, -0.2) is 0 Å². The molecule has 0 aliphatic carbocycles. The molecule has 5 nitrogen and oxygen atoms in total. The Morgan fingerprint density at radius 2 is 1.88 bits per heavy atom. The predicted molar refractivity (Wildman–Crippen MR) is 94.3 cm³/mol. The molecule has 0 atom stereocenters. The van der Waals surface area contributed by atoms with E-state index in [2.05, 4.69) is 9.97 Å². The van der Waals surface area contributed by atoms with Crippen LogP contribution in [0.15, 0.2) is 53.3 Å². The Labute approximate surface area is 137 Å². The zero-order valence-corrected chi connectivity index (χ0v) is 13.1. The van der Waals surface area contributed by atoms with Gasteiger partial charge in [-0.05, 0) is 23.8 Å². The van der Waals surface area contributed by atoms with E-state index in [0.717, 1.165) is 27.5 Å². The zero-order valence-electron chi connectivity index (χ0n) is 13.1. The van der Waals surface area contributed by atoms with Crippen LogP contribution in [-0.4, -0.2) is 22.2 Å². The number of para-hydroxylation sites is 1. The number of ether oxygens (including phenoxy) is 1. The Morgan fingerprint density at radius 3 is 2.67 bits per heavy atom. The van der Waals surface area contributed by atoms with Crippen molar-refractivity contribution in [2.45, 2.75) is 6.61 Å². The number of pyridine rings is 1. The van der Waals surface area contributed by atoms with Crippen LogP contribution in [-0.2, 0) is 6.61 Å². The van der Waals surface area contributed by atoms with E-state index in [1.807, 2.05) is 48.5 Å². The molecule has 2 aromatic carbocycles. The van der Waals surface area contributed by atoms with Crippen LogP contribution < -0.4 is 10.3 Å². The molecular weight excluding hydrogens is 304 g/mol. The van der Waals surface area contributed by atoms with Crippen LogP contribution >= 0.6 is 0 Å². The molecule has 2 heterocycles. The SMILES string of the molecule is COc1cccc(-c2c(CO)c(=O)[nH]c3c2[nH]c2ccccc23)c1. The van der Waals surface area contributed by atoms with Crippen LogP contribution in [0.25, 0.3) is 33.1 Å². The van der Waals surface area contributed by atoms with Gasteiger partial charge in [0.05, 0.1) is 30.3 Å². The molecule has 24 heavy (non-hydrogen) atoms. The highest BCUT2D eigenvalue weighted by Crippen LogP contribution is 2.34. The number of nitrogens with one attached hydrogen (secondary N) is 2. The molecular formula is C19H16N2O3. The topological polar surface area (TPSA) is 78.1 Å². The molecule has 0 fully saturated rings. The average molecular weight is 320 g/mol. The van der Waals surface area contributed by atoms with Gasteiger partial charge in [-0.1, -0.05) is 30.3 Å². The second-order valence-electron chi connectivity index (χ2n) is 5.62. The molecule has 0 amide bonds. The monoisotopic (exact) mass is 320 g/mol. The summed E-state index contributed by atoms with van der Waals surface area (Å²) in [6.45, 7) is -0.340. The van der Waals surface area contributed by atoms with E-state index in [1.165, 1.54) is 0 Å². The van der Waals surface area contributed by atoms with Crippen molar-refractivity contribution in [3.8, 4) is 16.9 Å². The number of aromatic amines is 2. The minimum atomic E-state index is -0.340. The second kappa shape index (κ2) is 5.54. The van der Waals surface area contributed by atoms with Crippen molar-refractivity contribution in [1.29, 1.82) is 0 Å². The Kier molecular flexibility index (Phi) is 3.36. The van der Waals surface area contributed by atoms with E-state index >= 15 is 0 Å². The minimum absolute atomic E-state index is 0.285. The van der Waals surface area contributed by atoms with Gasteiger partial charge in [-0.15, -0.1) is 0 Å². The lowest BCUT2D eigenvalue weighted by Crippen LogP contribution is -2.14. The molecule has 0 spiro atoms. The van der Waals surface area contributed by atoms with Crippen molar-refractivity contribution in [2.24, 2.45) is 0 Å². The maximum absolute atomic E-state index is 12.5. The number of methoxy groups -OCH3 is 1. The molecule has 0 saturated heterocycles. The maximum atomic E-state index is 12.5. The summed E-state index contributed by atoms with van der Waals surface area (Å²) in [7, 11) is 1.60. The fourth-order valence-electron chi connectivity index (χ4n) is 3.16. The minimum Gasteiger partial charge on any atom is -0.497 e.